The number of sulfonamides is 1. The topological polar surface area (TPSA) is 130 Å². The van der Waals surface area contributed by atoms with Crippen LogP contribution >= 0.6 is 0 Å². The highest BCUT2D eigenvalue weighted by molar-refractivity contribution is 7.92. The molecule has 1 fully saturated rings. The van der Waals surface area contributed by atoms with Crippen LogP contribution in [0.3, 0.4) is 0 Å². The minimum absolute atomic E-state index is 0.0565. The molecule has 32 heavy (non-hydrogen) atoms. The molecule has 0 atom stereocenters. The maximum absolute atomic E-state index is 12.7. The van der Waals surface area contributed by atoms with Crippen molar-refractivity contribution >= 4 is 44.6 Å². The number of carbonyl (C=O) groups excluding carboxylic acids is 2. The number of nitro groups is 1. The van der Waals surface area contributed by atoms with Crippen molar-refractivity contribution < 1.29 is 22.9 Å². The fourth-order valence-electron chi connectivity index (χ4n) is 3.63. The molecule has 0 bridgehead atoms. The average Bonchev–Trinajstić information content (AvgIpc) is 3.11. The van der Waals surface area contributed by atoms with E-state index >= 15 is 0 Å². The second-order valence-corrected chi connectivity index (χ2v) is 9.60. The minimum Gasteiger partial charge on any atom is -0.325 e. The number of carbonyl (C=O) groups is 2. The Morgan fingerprint density at radius 1 is 1.19 bits per heavy atom. The smallest absolute Gasteiger partial charge is 0.271 e. The van der Waals surface area contributed by atoms with Crippen molar-refractivity contribution in [3.05, 3.63) is 57.6 Å². The first kappa shape index (κ1) is 23.2. The van der Waals surface area contributed by atoms with Crippen molar-refractivity contribution in [2.24, 2.45) is 0 Å². The van der Waals surface area contributed by atoms with Crippen molar-refractivity contribution in [3.8, 4) is 0 Å². The van der Waals surface area contributed by atoms with Crippen molar-refractivity contribution in [2.45, 2.75) is 26.7 Å². The van der Waals surface area contributed by atoms with Crippen LogP contribution in [0.25, 0.3) is 0 Å². The quantitative estimate of drug-likeness (QED) is 0.499. The van der Waals surface area contributed by atoms with Crippen LogP contribution in [0, 0.1) is 24.0 Å². The zero-order valence-corrected chi connectivity index (χ0v) is 18.8. The van der Waals surface area contributed by atoms with Crippen molar-refractivity contribution in [2.75, 3.05) is 33.9 Å². The number of amides is 2. The molecule has 1 aliphatic rings. The third-order valence-electron chi connectivity index (χ3n) is 5.20. The summed E-state index contributed by atoms with van der Waals surface area (Å²) in [6.45, 7) is 3.53. The van der Waals surface area contributed by atoms with Gasteiger partial charge in [0.05, 0.1) is 16.9 Å². The van der Waals surface area contributed by atoms with Crippen LogP contribution in [0.1, 0.15) is 24.0 Å². The molecule has 2 aromatic carbocycles. The lowest BCUT2D eigenvalue weighted by Gasteiger charge is -2.23. The van der Waals surface area contributed by atoms with E-state index < -0.39 is 27.4 Å². The fourth-order valence-corrected chi connectivity index (χ4v) is 4.54. The summed E-state index contributed by atoms with van der Waals surface area (Å²) in [5.74, 6) is -0.549. The van der Waals surface area contributed by atoms with E-state index in [0.717, 1.165) is 34.3 Å². The first-order valence-electron chi connectivity index (χ1n) is 9.91. The van der Waals surface area contributed by atoms with Gasteiger partial charge in [0.15, 0.2) is 0 Å². The minimum atomic E-state index is -3.90. The van der Waals surface area contributed by atoms with E-state index in [1.54, 1.807) is 30.0 Å². The van der Waals surface area contributed by atoms with Gasteiger partial charge in [-0.2, -0.15) is 0 Å². The summed E-state index contributed by atoms with van der Waals surface area (Å²) in [7, 11) is -3.90. The Hall–Kier alpha value is -3.47. The highest BCUT2D eigenvalue weighted by Gasteiger charge is 2.25. The zero-order valence-electron chi connectivity index (χ0n) is 18.0. The molecule has 3 rings (SSSR count). The Morgan fingerprint density at radius 3 is 2.47 bits per heavy atom. The maximum Gasteiger partial charge on any atom is 0.271 e. The number of anilines is 3. The summed E-state index contributed by atoms with van der Waals surface area (Å²) in [5.41, 5.74) is 2.29. The van der Waals surface area contributed by atoms with E-state index in [1.807, 2.05) is 6.92 Å². The molecule has 11 heteroatoms. The van der Waals surface area contributed by atoms with Gasteiger partial charge >= 0.3 is 0 Å². The van der Waals surface area contributed by atoms with Crippen LogP contribution in [0.4, 0.5) is 22.7 Å². The van der Waals surface area contributed by atoms with Gasteiger partial charge in [0.2, 0.25) is 21.8 Å². The van der Waals surface area contributed by atoms with Crippen LogP contribution in [-0.2, 0) is 19.6 Å². The Bertz CT molecular complexity index is 1190. The molecule has 0 spiro atoms. The molecule has 1 N–H and O–H groups in total. The number of nitrogens with zero attached hydrogens (tertiary/aromatic N) is 3. The normalized spacial score (nSPS) is 13.8. The second-order valence-electron chi connectivity index (χ2n) is 7.70. The average molecular weight is 461 g/mol. The van der Waals surface area contributed by atoms with E-state index in [1.165, 1.54) is 12.1 Å². The summed E-state index contributed by atoms with van der Waals surface area (Å²) in [4.78, 5) is 36.8. The third kappa shape index (κ3) is 5.05. The Balaban J connectivity index is 1.81. The number of nitro benzene ring substituents is 1. The molecular weight excluding hydrogens is 436 g/mol. The van der Waals surface area contributed by atoms with Crippen LogP contribution < -0.4 is 14.5 Å². The van der Waals surface area contributed by atoms with Crippen molar-refractivity contribution in [3.63, 3.8) is 0 Å². The SMILES string of the molecule is Cc1cc(NC(=O)CN(c2cc([N+](=O)[O-])ccc2C)S(C)(=O)=O)ccc1N1CCCC1=O. The van der Waals surface area contributed by atoms with Crippen LogP contribution in [-0.4, -0.2) is 44.5 Å². The molecule has 0 aliphatic carbocycles. The lowest BCUT2D eigenvalue weighted by atomic mass is 10.1. The number of hydrogen-bond donors (Lipinski definition) is 1. The summed E-state index contributed by atoms with van der Waals surface area (Å²) < 4.78 is 25.6. The molecule has 0 saturated carbocycles. The summed E-state index contributed by atoms with van der Waals surface area (Å²) in [6, 6.07) is 8.94. The van der Waals surface area contributed by atoms with Crippen molar-refractivity contribution in [1.29, 1.82) is 0 Å². The highest BCUT2D eigenvalue weighted by atomic mass is 32.2. The predicted octanol–water partition coefficient (Wildman–Crippen LogP) is 2.74. The molecule has 170 valence electrons. The Labute approximate surface area is 186 Å². The Kier molecular flexibility index (Phi) is 6.49. The van der Waals surface area contributed by atoms with E-state index in [4.69, 9.17) is 0 Å². The lowest BCUT2D eigenvalue weighted by Crippen LogP contribution is -2.38. The molecule has 1 saturated heterocycles. The van der Waals surface area contributed by atoms with E-state index in [2.05, 4.69) is 5.32 Å². The van der Waals surface area contributed by atoms with Gasteiger partial charge in [-0.05, 0) is 49.6 Å². The van der Waals surface area contributed by atoms with Gasteiger partial charge in [0.25, 0.3) is 5.69 Å². The lowest BCUT2D eigenvalue weighted by molar-refractivity contribution is -0.384. The summed E-state index contributed by atoms with van der Waals surface area (Å²) in [6.07, 6.45) is 2.25. The van der Waals surface area contributed by atoms with Gasteiger partial charge in [-0.15, -0.1) is 0 Å². The summed E-state index contributed by atoms with van der Waals surface area (Å²) >= 11 is 0. The maximum atomic E-state index is 12.7. The number of rotatable bonds is 7. The van der Waals surface area contributed by atoms with Gasteiger partial charge in [-0.1, -0.05) is 6.07 Å². The monoisotopic (exact) mass is 460 g/mol. The Morgan fingerprint density at radius 2 is 1.91 bits per heavy atom. The van der Waals surface area contributed by atoms with Crippen LogP contribution in [0.2, 0.25) is 0 Å². The molecular formula is C21H24N4O6S. The predicted molar refractivity (Wildman–Crippen MR) is 121 cm³/mol. The van der Waals surface area contributed by atoms with E-state index in [-0.39, 0.29) is 17.3 Å². The number of nitrogens with one attached hydrogen (secondary N) is 1. The first-order chi connectivity index (χ1) is 15.0. The highest BCUT2D eigenvalue weighted by Crippen LogP contribution is 2.29. The fraction of sp³-hybridized carbons (Fsp3) is 0.333. The van der Waals surface area contributed by atoms with Gasteiger partial charge in [0, 0.05) is 36.5 Å². The second kappa shape index (κ2) is 8.95. The largest absolute Gasteiger partial charge is 0.325 e. The molecule has 2 amide bonds. The standard InChI is InChI=1S/C21H24N4O6S/c1-14-6-8-17(25(28)29)12-19(14)24(32(3,30)31)13-20(26)22-16-7-9-18(15(2)11-16)23-10-4-5-21(23)27/h6-9,11-12H,4-5,10,13H2,1-3H3,(H,22,26). The van der Waals surface area contributed by atoms with Crippen molar-refractivity contribution in [1.82, 2.24) is 0 Å². The van der Waals surface area contributed by atoms with Gasteiger partial charge in [-0.3, -0.25) is 24.0 Å². The first-order valence-corrected chi connectivity index (χ1v) is 11.8. The van der Waals surface area contributed by atoms with Crippen LogP contribution in [0.5, 0.6) is 0 Å². The zero-order chi connectivity index (χ0) is 23.6. The number of non-ortho nitro benzene ring substituents is 1. The molecule has 0 aromatic heterocycles. The van der Waals surface area contributed by atoms with Gasteiger partial charge in [-0.25, -0.2) is 8.42 Å². The molecule has 0 radical (unpaired) electrons. The molecule has 1 heterocycles. The molecule has 10 nitrogen and oxygen atoms in total. The number of hydrogen-bond acceptors (Lipinski definition) is 6. The number of aryl methyl sites for hydroxylation is 2. The van der Waals surface area contributed by atoms with E-state index in [9.17, 15) is 28.1 Å². The molecule has 1 aliphatic heterocycles. The van der Waals surface area contributed by atoms with Gasteiger partial charge in [0.1, 0.15) is 6.54 Å². The molecule has 2 aromatic rings. The van der Waals surface area contributed by atoms with E-state index in [0.29, 0.717) is 24.2 Å². The summed E-state index contributed by atoms with van der Waals surface area (Å²) in [5, 5.41) is 13.8. The third-order valence-corrected chi connectivity index (χ3v) is 6.33. The molecule has 0 unspecified atom stereocenters. The van der Waals surface area contributed by atoms with Crippen LogP contribution in [0.15, 0.2) is 36.4 Å². The van der Waals surface area contributed by atoms with Gasteiger partial charge < -0.3 is 10.2 Å². The number of benzene rings is 2.